The van der Waals surface area contributed by atoms with Gasteiger partial charge in [0.25, 0.3) is 0 Å². The summed E-state index contributed by atoms with van der Waals surface area (Å²) in [4.78, 5) is 16.5. The van der Waals surface area contributed by atoms with Crippen molar-refractivity contribution >= 4 is 76.3 Å². The maximum Gasteiger partial charge on any atom is 0.166 e. The van der Waals surface area contributed by atoms with Crippen molar-refractivity contribution in [3.05, 3.63) is 224 Å². The lowest BCUT2D eigenvalue weighted by molar-refractivity contribution is 0.669. The summed E-state index contributed by atoms with van der Waals surface area (Å²) in [6.07, 6.45) is 0. The molecule has 4 heterocycles. The Balaban J connectivity index is 1.10. The second-order valence-electron chi connectivity index (χ2n) is 17.2. The van der Waals surface area contributed by atoms with Gasteiger partial charge < -0.3 is 13.6 Å². The molecule has 10 aromatic carbocycles. The number of rotatable bonds is 6. The molecule has 4 aromatic heterocycles. The number of para-hydroxylation sites is 4. The number of fused-ring (bicyclic) bond motifs is 10. The average Bonchev–Trinajstić information content (AvgIpc) is 4.05. The fourth-order valence-electron chi connectivity index (χ4n) is 10.3. The van der Waals surface area contributed by atoms with Gasteiger partial charge in [0.05, 0.1) is 33.3 Å². The fraction of sp³-hybridized carbons (Fsp3) is 0. The van der Waals surface area contributed by atoms with Crippen LogP contribution in [0.25, 0.3) is 133 Å². The van der Waals surface area contributed by atoms with Crippen molar-refractivity contribution in [2.24, 2.45) is 0 Å². The Bertz CT molecular complexity index is 4280. The number of benzene rings is 10. The minimum Gasteiger partial charge on any atom is -0.456 e. The van der Waals surface area contributed by atoms with E-state index < -0.39 is 0 Å². The molecule has 0 radical (unpaired) electrons. The fourth-order valence-corrected chi connectivity index (χ4v) is 10.3. The van der Waals surface area contributed by atoms with Gasteiger partial charge in [-0.1, -0.05) is 158 Å². The van der Waals surface area contributed by atoms with Crippen LogP contribution in [0.3, 0.4) is 0 Å². The Morgan fingerprint density at radius 2 is 0.881 bits per heavy atom. The smallest absolute Gasteiger partial charge is 0.166 e. The van der Waals surface area contributed by atoms with Crippen LogP contribution in [0, 0.1) is 0 Å². The van der Waals surface area contributed by atoms with Gasteiger partial charge in [0.2, 0.25) is 0 Å². The van der Waals surface area contributed by atoms with Gasteiger partial charge in [0.15, 0.2) is 17.5 Å². The highest BCUT2D eigenvalue weighted by Gasteiger charge is 2.25. The van der Waals surface area contributed by atoms with Gasteiger partial charge in [-0.15, -0.1) is 0 Å². The molecule has 0 spiro atoms. The van der Waals surface area contributed by atoms with Crippen LogP contribution in [0.15, 0.2) is 229 Å². The molecule has 0 fully saturated rings. The molecule has 67 heavy (non-hydrogen) atoms. The van der Waals surface area contributed by atoms with E-state index in [1.807, 2.05) is 18.2 Å². The number of hydrogen-bond donors (Lipinski definition) is 0. The van der Waals surface area contributed by atoms with Gasteiger partial charge in [-0.2, -0.15) is 0 Å². The van der Waals surface area contributed by atoms with Crippen molar-refractivity contribution in [1.29, 1.82) is 0 Å². The molecule has 0 aliphatic rings. The van der Waals surface area contributed by atoms with Gasteiger partial charge in [-0.05, 0) is 88.6 Å². The Morgan fingerprint density at radius 1 is 0.313 bits per heavy atom. The first-order valence-corrected chi connectivity index (χ1v) is 22.6. The molecule has 312 valence electrons. The molecular formula is C61H37N5O. The third kappa shape index (κ3) is 5.86. The number of hydrogen-bond acceptors (Lipinski definition) is 4. The third-order valence-electron chi connectivity index (χ3n) is 13.3. The van der Waals surface area contributed by atoms with E-state index >= 15 is 0 Å². The maximum absolute atomic E-state index is 6.66. The first-order valence-electron chi connectivity index (χ1n) is 22.6. The van der Waals surface area contributed by atoms with Crippen molar-refractivity contribution < 1.29 is 4.42 Å². The minimum absolute atomic E-state index is 0.549. The normalized spacial score (nSPS) is 11.9. The molecular weight excluding hydrogens is 819 g/mol. The summed E-state index contributed by atoms with van der Waals surface area (Å²) in [5.41, 5.74) is 12.8. The molecule has 0 bridgehead atoms. The van der Waals surface area contributed by atoms with Crippen molar-refractivity contribution in [2.75, 3.05) is 0 Å². The Labute approximate surface area is 384 Å². The number of aromatic nitrogens is 5. The SMILES string of the molecule is c1ccc(-c2cccc(-c3nc(-c4ccc5c6ccccc6n(-c6ccccc6)c5c4)nc(-c4c(-n5c6ccccc6c6cc7ccccc7cc65)ccc5oc6ccccc6c45)n3)c2)cc1. The van der Waals surface area contributed by atoms with E-state index in [1.54, 1.807) is 0 Å². The molecule has 0 saturated carbocycles. The van der Waals surface area contributed by atoms with Crippen LogP contribution in [-0.4, -0.2) is 24.1 Å². The molecule has 0 atom stereocenters. The lowest BCUT2D eigenvalue weighted by atomic mass is 10.0. The van der Waals surface area contributed by atoms with Gasteiger partial charge in [0.1, 0.15) is 11.2 Å². The molecule has 0 unspecified atom stereocenters. The van der Waals surface area contributed by atoms with Crippen LogP contribution < -0.4 is 0 Å². The zero-order chi connectivity index (χ0) is 44.0. The molecule has 0 N–H and O–H groups in total. The van der Waals surface area contributed by atoms with Gasteiger partial charge in [-0.25, -0.2) is 15.0 Å². The van der Waals surface area contributed by atoms with E-state index in [-0.39, 0.29) is 0 Å². The molecule has 6 heteroatoms. The molecule has 0 amide bonds. The van der Waals surface area contributed by atoms with Crippen molar-refractivity contribution in [1.82, 2.24) is 24.1 Å². The highest BCUT2D eigenvalue weighted by atomic mass is 16.3. The predicted molar refractivity (Wildman–Crippen MR) is 275 cm³/mol. The minimum atomic E-state index is 0.549. The second-order valence-corrected chi connectivity index (χ2v) is 17.2. The standard InChI is InChI=1S/C61H37N5O/c1-3-16-38(17-4-1)39-20-15-21-42(34-39)59-62-60(43-30-31-47-45-24-9-12-27-50(45)65(53(47)37-43)44-22-5-2-6-23-44)64-61(63-59)58-52(32-33-56-57(58)48-26-11-14-29-55(48)67-56)66-51-28-13-10-25-46(51)49-35-40-18-7-8-19-41(40)36-54(49)66/h1-37H. The summed E-state index contributed by atoms with van der Waals surface area (Å²) < 4.78 is 11.4. The van der Waals surface area contributed by atoms with Crippen LogP contribution in [0.5, 0.6) is 0 Å². The molecule has 0 aliphatic carbocycles. The van der Waals surface area contributed by atoms with E-state index in [0.717, 1.165) is 88.6 Å². The predicted octanol–water partition coefficient (Wildman–Crippen LogP) is 15.8. The van der Waals surface area contributed by atoms with Crippen LogP contribution >= 0.6 is 0 Å². The van der Waals surface area contributed by atoms with E-state index in [0.29, 0.717) is 17.5 Å². The van der Waals surface area contributed by atoms with Crippen molar-refractivity contribution in [2.45, 2.75) is 0 Å². The molecule has 14 rings (SSSR count). The highest BCUT2D eigenvalue weighted by molar-refractivity contribution is 6.17. The summed E-state index contributed by atoms with van der Waals surface area (Å²) in [5, 5.41) is 8.99. The quantitative estimate of drug-likeness (QED) is 0.167. The van der Waals surface area contributed by atoms with Gasteiger partial charge in [0, 0.05) is 49.1 Å². The molecule has 6 nitrogen and oxygen atoms in total. The Kier molecular flexibility index (Phi) is 8.18. The topological polar surface area (TPSA) is 61.7 Å². The lowest BCUT2D eigenvalue weighted by Gasteiger charge is -2.16. The van der Waals surface area contributed by atoms with Crippen molar-refractivity contribution in [3.8, 4) is 56.7 Å². The van der Waals surface area contributed by atoms with E-state index in [2.05, 4.69) is 215 Å². The average molecular weight is 856 g/mol. The van der Waals surface area contributed by atoms with Crippen LogP contribution in [-0.2, 0) is 0 Å². The monoisotopic (exact) mass is 855 g/mol. The third-order valence-corrected chi connectivity index (χ3v) is 13.3. The van der Waals surface area contributed by atoms with E-state index in [9.17, 15) is 0 Å². The summed E-state index contributed by atoms with van der Waals surface area (Å²) in [7, 11) is 0. The van der Waals surface area contributed by atoms with Gasteiger partial charge in [-0.3, -0.25) is 0 Å². The largest absolute Gasteiger partial charge is 0.456 e. The maximum atomic E-state index is 6.66. The summed E-state index contributed by atoms with van der Waals surface area (Å²) in [6.45, 7) is 0. The van der Waals surface area contributed by atoms with Crippen molar-refractivity contribution in [3.63, 3.8) is 0 Å². The molecule has 0 aliphatic heterocycles. The zero-order valence-corrected chi connectivity index (χ0v) is 36.0. The second kappa shape index (κ2) is 14.7. The van der Waals surface area contributed by atoms with E-state index in [4.69, 9.17) is 19.4 Å². The first-order chi connectivity index (χ1) is 33.2. The molecule has 14 aromatic rings. The highest BCUT2D eigenvalue weighted by Crippen LogP contribution is 2.44. The first kappa shape index (κ1) is 37.3. The Hall–Kier alpha value is -9.13. The molecule has 0 saturated heterocycles. The van der Waals surface area contributed by atoms with Crippen LogP contribution in [0.4, 0.5) is 0 Å². The zero-order valence-electron chi connectivity index (χ0n) is 36.0. The lowest BCUT2D eigenvalue weighted by Crippen LogP contribution is -2.04. The number of furan rings is 1. The van der Waals surface area contributed by atoms with E-state index in [1.165, 1.54) is 26.9 Å². The Morgan fingerprint density at radius 3 is 1.67 bits per heavy atom. The summed E-state index contributed by atoms with van der Waals surface area (Å²) in [5.74, 6) is 1.69. The van der Waals surface area contributed by atoms with Crippen LogP contribution in [0.1, 0.15) is 0 Å². The van der Waals surface area contributed by atoms with Gasteiger partial charge >= 0.3 is 0 Å². The summed E-state index contributed by atoms with van der Waals surface area (Å²) in [6, 6.07) is 79.1. The summed E-state index contributed by atoms with van der Waals surface area (Å²) >= 11 is 0. The number of nitrogens with zero attached hydrogens (tertiary/aromatic N) is 5. The van der Waals surface area contributed by atoms with Crippen LogP contribution in [0.2, 0.25) is 0 Å².